The van der Waals surface area contributed by atoms with Gasteiger partial charge in [-0.3, -0.25) is 4.99 Å². The second kappa shape index (κ2) is 12.0. The summed E-state index contributed by atoms with van der Waals surface area (Å²) >= 11 is 0. The quantitative estimate of drug-likeness (QED) is 0.325. The van der Waals surface area contributed by atoms with E-state index in [2.05, 4.69) is 48.6 Å². The molecule has 0 radical (unpaired) electrons. The number of rotatable bonds is 10. The molecule has 0 saturated carbocycles. The lowest BCUT2D eigenvalue weighted by Gasteiger charge is -2.21. The maximum Gasteiger partial charge on any atom is 0.191 e. The summed E-state index contributed by atoms with van der Waals surface area (Å²) in [5.41, 5.74) is 0.161. The molecule has 5 heteroatoms. The van der Waals surface area contributed by atoms with E-state index >= 15 is 0 Å². The number of unbranched alkanes of at least 4 members (excludes halogenated alkanes) is 1. The smallest absolute Gasteiger partial charge is 0.191 e. The number of hydrogen-bond donors (Lipinski definition) is 3. The first-order valence-electron chi connectivity index (χ1n) is 7.77. The predicted octanol–water partition coefficient (Wildman–Crippen LogP) is 1.75. The lowest BCUT2D eigenvalue weighted by atomic mass is 10.1. The maximum absolute atomic E-state index is 5.52. The van der Waals surface area contributed by atoms with Crippen LogP contribution in [-0.2, 0) is 4.74 Å². The third-order valence-corrected chi connectivity index (χ3v) is 2.70. The fourth-order valence-electron chi connectivity index (χ4n) is 1.57. The molecule has 20 heavy (non-hydrogen) atoms. The van der Waals surface area contributed by atoms with Crippen molar-refractivity contribution in [3.05, 3.63) is 0 Å². The van der Waals surface area contributed by atoms with E-state index in [4.69, 9.17) is 4.74 Å². The number of aliphatic imine (C=N–C) groups is 1. The molecule has 0 bridgehead atoms. The molecule has 0 fully saturated rings. The third-order valence-electron chi connectivity index (χ3n) is 2.70. The SMILES string of the molecule is CCCCOCCCNC(=NC)NCCNC(C)(C)C. The second-order valence-corrected chi connectivity index (χ2v) is 5.92. The molecule has 0 heterocycles. The first kappa shape index (κ1) is 19.2. The van der Waals surface area contributed by atoms with Crippen molar-refractivity contribution in [3.63, 3.8) is 0 Å². The van der Waals surface area contributed by atoms with Crippen LogP contribution in [0, 0.1) is 0 Å². The zero-order valence-electron chi connectivity index (χ0n) is 14.0. The van der Waals surface area contributed by atoms with E-state index in [-0.39, 0.29) is 5.54 Å². The minimum Gasteiger partial charge on any atom is -0.381 e. The Bertz CT molecular complexity index is 249. The Labute approximate surface area is 125 Å². The van der Waals surface area contributed by atoms with E-state index in [0.717, 1.165) is 51.6 Å². The number of nitrogens with one attached hydrogen (secondary N) is 3. The van der Waals surface area contributed by atoms with Crippen molar-refractivity contribution in [2.75, 3.05) is 39.9 Å². The summed E-state index contributed by atoms with van der Waals surface area (Å²) in [4.78, 5) is 4.20. The monoisotopic (exact) mass is 286 g/mol. The van der Waals surface area contributed by atoms with Crippen LogP contribution in [0.5, 0.6) is 0 Å². The van der Waals surface area contributed by atoms with E-state index in [1.54, 1.807) is 7.05 Å². The molecule has 120 valence electrons. The molecule has 0 saturated heterocycles. The molecule has 0 aromatic heterocycles. The highest BCUT2D eigenvalue weighted by atomic mass is 16.5. The highest BCUT2D eigenvalue weighted by Crippen LogP contribution is 1.96. The molecular weight excluding hydrogens is 252 g/mol. The van der Waals surface area contributed by atoms with Gasteiger partial charge in [-0.25, -0.2) is 0 Å². The summed E-state index contributed by atoms with van der Waals surface area (Å²) in [6.07, 6.45) is 3.35. The minimum atomic E-state index is 0.161. The average Bonchev–Trinajstić information content (AvgIpc) is 2.39. The van der Waals surface area contributed by atoms with Gasteiger partial charge < -0.3 is 20.7 Å². The molecule has 0 atom stereocenters. The number of ether oxygens (including phenoxy) is 1. The molecular formula is C15H34N4O. The summed E-state index contributed by atoms with van der Waals surface area (Å²) in [7, 11) is 1.80. The Morgan fingerprint density at radius 3 is 2.25 bits per heavy atom. The number of hydrogen-bond acceptors (Lipinski definition) is 3. The molecule has 0 rings (SSSR count). The van der Waals surface area contributed by atoms with Crippen molar-refractivity contribution in [2.24, 2.45) is 4.99 Å². The summed E-state index contributed by atoms with van der Waals surface area (Å²) in [5, 5.41) is 10.0. The van der Waals surface area contributed by atoms with Crippen molar-refractivity contribution < 1.29 is 4.74 Å². The Morgan fingerprint density at radius 2 is 1.65 bits per heavy atom. The Morgan fingerprint density at radius 1 is 1.00 bits per heavy atom. The second-order valence-electron chi connectivity index (χ2n) is 5.92. The van der Waals surface area contributed by atoms with Crippen LogP contribution >= 0.6 is 0 Å². The van der Waals surface area contributed by atoms with Crippen molar-refractivity contribution in [1.82, 2.24) is 16.0 Å². The van der Waals surface area contributed by atoms with E-state index in [1.807, 2.05) is 0 Å². The van der Waals surface area contributed by atoms with Gasteiger partial charge in [-0.15, -0.1) is 0 Å². The zero-order chi connectivity index (χ0) is 15.3. The van der Waals surface area contributed by atoms with Gasteiger partial charge in [-0.2, -0.15) is 0 Å². The largest absolute Gasteiger partial charge is 0.381 e. The molecule has 0 aliphatic carbocycles. The summed E-state index contributed by atoms with van der Waals surface area (Å²) in [6.45, 7) is 13.0. The van der Waals surface area contributed by atoms with E-state index in [1.165, 1.54) is 6.42 Å². The van der Waals surface area contributed by atoms with E-state index in [9.17, 15) is 0 Å². The normalized spacial score (nSPS) is 12.6. The van der Waals surface area contributed by atoms with Crippen LogP contribution in [-0.4, -0.2) is 51.4 Å². The van der Waals surface area contributed by atoms with Gasteiger partial charge in [0.25, 0.3) is 0 Å². The van der Waals surface area contributed by atoms with E-state index in [0.29, 0.717) is 0 Å². The minimum absolute atomic E-state index is 0.161. The summed E-state index contributed by atoms with van der Waals surface area (Å²) in [6, 6.07) is 0. The first-order valence-corrected chi connectivity index (χ1v) is 7.77. The van der Waals surface area contributed by atoms with Crippen molar-refractivity contribution >= 4 is 5.96 Å². The Kier molecular flexibility index (Phi) is 11.5. The van der Waals surface area contributed by atoms with Crippen LogP contribution in [0.4, 0.5) is 0 Å². The molecule has 3 N–H and O–H groups in total. The maximum atomic E-state index is 5.52. The van der Waals surface area contributed by atoms with Crippen LogP contribution in [0.3, 0.4) is 0 Å². The number of nitrogens with zero attached hydrogens (tertiary/aromatic N) is 1. The number of guanidine groups is 1. The van der Waals surface area contributed by atoms with Gasteiger partial charge in [0.1, 0.15) is 0 Å². The van der Waals surface area contributed by atoms with Crippen LogP contribution in [0.1, 0.15) is 47.0 Å². The van der Waals surface area contributed by atoms with Crippen LogP contribution < -0.4 is 16.0 Å². The highest BCUT2D eigenvalue weighted by Gasteiger charge is 2.07. The molecule has 5 nitrogen and oxygen atoms in total. The van der Waals surface area contributed by atoms with E-state index < -0.39 is 0 Å². The summed E-state index contributed by atoms with van der Waals surface area (Å²) in [5.74, 6) is 0.856. The predicted molar refractivity (Wildman–Crippen MR) is 87.5 cm³/mol. The highest BCUT2D eigenvalue weighted by molar-refractivity contribution is 5.79. The van der Waals surface area contributed by atoms with Crippen LogP contribution in [0.2, 0.25) is 0 Å². The molecule has 0 amide bonds. The lowest BCUT2D eigenvalue weighted by molar-refractivity contribution is 0.129. The Balaban J connectivity index is 3.49. The third kappa shape index (κ3) is 13.6. The summed E-state index contributed by atoms with van der Waals surface area (Å²) < 4.78 is 5.52. The topological polar surface area (TPSA) is 57.7 Å². The molecule has 0 aliphatic heterocycles. The van der Waals surface area contributed by atoms with Gasteiger partial charge in [0.2, 0.25) is 0 Å². The van der Waals surface area contributed by atoms with Gasteiger partial charge >= 0.3 is 0 Å². The zero-order valence-corrected chi connectivity index (χ0v) is 14.0. The van der Waals surface area contributed by atoms with Gasteiger partial charge in [0.05, 0.1) is 0 Å². The Hall–Kier alpha value is -0.810. The molecule has 0 aliphatic rings. The van der Waals surface area contributed by atoms with Crippen LogP contribution in [0.15, 0.2) is 4.99 Å². The van der Waals surface area contributed by atoms with Crippen molar-refractivity contribution in [2.45, 2.75) is 52.5 Å². The molecule has 0 spiro atoms. The fourth-order valence-corrected chi connectivity index (χ4v) is 1.57. The molecule has 0 aromatic rings. The van der Waals surface area contributed by atoms with Gasteiger partial charge in [-0.05, 0) is 33.6 Å². The fraction of sp³-hybridized carbons (Fsp3) is 0.933. The molecule has 0 aromatic carbocycles. The van der Waals surface area contributed by atoms with Gasteiger partial charge in [-0.1, -0.05) is 13.3 Å². The lowest BCUT2D eigenvalue weighted by Crippen LogP contribution is -2.44. The van der Waals surface area contributed by atoms with Gasteiger partial charge in [0, 0.05) is 45.4 Å². The average molecular weight is 286 g/mol. The van der Waals surface area contributed by atoms with Crippen molar-refractivity contribution in [1.29, 1.82) is 0 Å². The first-order chi connectivity index (χ1) is 9.49. The van der Waals surface area contributed by atoms with Crippen LogP contribution in [0.25, 0.3) is 0 Å². The standard InChI is InChI=1S/C15H34N4O/c1-6-7-12-20-13-8-9-17-14(16-5)18-10-11-19-15(2,3)4/h19H,6-13H2,1-5H3,(H2,16,17,18). The van der Waals surface area contributed by atoms with Gasteiger partial charge in [0.15, 0.2) is 5.96 Å². The van der Waals surface area contributed by atoms with Crippen molar-refractivity contribution in [3.8, 4) is 0 Å². The molecule has 0 unspecified atom stereocenters.